The van der Waals surface area contributed by atoms with Crippen LogP contribution >= 0.6 is 24.0 Å². The summed E-state index contributed by atoms with van der Waals surface area (Å²) in [6.45, 7) is 8.06. The van der Waals surface area contributed by atoms with Crippen LogP contribution in [0.4, 0.5) is 0 Å². The third-order valence-electron chi connectivity index (χ3n) is 4.09. The highest BCUT2D eigenvalue weighted by Gasteiger charge is 2.10. The third kappa shape index (κ3) is 7.65. The van der Waals surface area contributed by atoms with Crippen LogP contribution in [-0.4, -0.2) is 55.1 Å². The number of aliphatic imine (C=N–C) groups is 1. The number of hydrogen-bond acceptors (Lipinski definition) is 4. The molecule has 2 rings (SSSR count). The molecule has 1 unspecified atom stereocenters. The molecule has 0 radical (unpaired) electrons. The van der Waals surface area contributed by atoms with E-state index in [2.05, 4.69) is 31.2 Å². The number of rotatable bonds is 8. The Balaban J connectivity index is 0.00000364. The molecule has 9 heteroatoms. The molecule has 0 amide bonds. The van der Waals surface area contributed by atoms with Gasteiger partial charge in [-0.15, -0.1) is 24.0 Å². The molecule has 2 aromatic rings. The zero-order valence-corrected chi connectivity index (χ0v) is 19.5. The second kappa shape index (κ2) is 10.8. The van der Waals surface area contributed by atoms with E-state index in [0.29, 0.717) is 18.9 Å². The molecule has 0 bridgehead atoms. The molecule has 1 aromatic carbocycles. The van der Waals surface area contributed by atoms with Crippen molar-refractivity contribution in [3.8, 4) is 0 Å². The Morgan fingerprint density at radius 3 is 2.70 bits per heavy atom. The van der Waals surface area contributed by atoms with E-state index in [9.17, 15) is 8.42 Å². The molecule has 0 aliphatic carbocycles. The smallest absolute Gasteiger partial charge is 0.191 e. The minimum atomic E-state index is -2.95. The monoisotopic (exact) mass is 507 g/mol. The number of para-hydroxylation sites is 2. The number of benzene rings is 1. The normalized spacial score (nSPS) is 13.3. The lowest BCUT2D eigenvalue weighted by molar-refractivity contribution is 0.580. The number of fused-ring (bicyclic) bond motifs is 1. The highest BCUT2D eigenvalue weighted by atomic mass is 127. The van der Waals surface area contributed by atoms with Gasteiger partial charge in [-0.2, -0.15) is 0 Å². The van der Waals surface area contributed by atoms with Crippen LogP contribution in [0.15, 0.2) is 29.3 Å². The van der Waals surface area contributed by atoms with Crippen LogP contribution in [0.5, 0.6) is 0 Å². The predicted molar refractivity (Wildman–Crippen MR) is 123 cm³/mol. The molecular weight excluding hydrogens is 477 g/mol. The van der Waals surface area contributed by atoms with Gasteiger partial charge in [0.05, 0.1) is 23.3 Å². The van der Waals surface area contributed by atoms with Crippen molar-refractivity contribution in [2.45, 2.75) is 39.8 Å². The topological polar surface area (TPSA) is 88.4 Å². The maximum absolute atomic E-state index is 11.3. The van der Waals surface area contributed by atoms with E-state index in [1.54, 1.807) is 0 Å². The lowest BCUT2D eigenvalue weighted by atomic mass is 10.3. The van der Waals surface area contributed by atoms with Crippen LogP contribution in [0.1, 0.15) is 26.1 Å². The molecule has 0 fully saturated rings. The van der Waals surface area contributed by atoms with E-state index in [-0.39, 0.29) is 35.8 Å². The molecular formula is C18H30IN5O2S. The predicted octanol–water partition coefficient (Wildman–Crippen LogP) is 2.34. The van der Waals surface area contributed by atoms with Gasteiger partial charge in [0, 0.05) is 25.4 Å². The summed E-state index contributed by atoms with van der Waals surface area (Å²) < 4.78 is 24.8. The lowest BCUT2D eigenvalue weighted by Crippen LogP contribution is -2.43. The number of hydrogen-bond donors (Lipinski definition) is 2. The fraction of sp³-hybridized carbons (Fsp3) is 0.556. The Labute approximate surface area is 179 Å². The maximum atomic E-state index is 11.3. The van der Waals surface area contributed by atoms with Crippen molar-refractivity contribution in [1.29, 1.82) is 0 Å². The molecule has 7 nitrogen and oxygen atoms in total. The number of sulfone groups is 1. The number of aromatic nitrogens is 2. The fourth-order valence-electron chi connectivity index (χ4n) is 2.76. The van der Waals surface area contributed by atoms with Gasteiger partial charge in [-0.25, -0.2) is 13.4 Å². The van der Waals surface area contributed by atoms with Crippen LogP contribution in [0.25, 0.3) is 11.0 Å². The summed E-state index contributed by atoms with van der Waals surface area (Å²) in [6.07, 6.45) is 1.81. The van der Waals surface area contributed by atoms with Crippen LogP contribution < -0.4 is 10.6 Å². The van der Waals surface area contributed by atoms with Crippen molar-refractivity contribution in [3.05, 3.63) is 30.1 Å². The Morgan fingerprint density at radius 2 is 2.04 bits per heavy atom. The van der Waals surface area contributed by atoms with Gasteiger partial charge in [0.25, 0.3) is 0 Å². The zero-order chi connectivity index (χ0) is 19.2. The summed E-state index contributed by atoms with van der Waals surface area (Å²) in [6, 6.07) is 8.10. The first-order valence-corrected chi connectivity index (χ1v) is 11.0. The van der Waals surface area contributed by atoms with Gasteiger partial charge in [0.1, 0.15) is 15.7 Å². The van der Waals surface area contributed by atoms with Crippen LogP contribution in [-0.2, 0) is 16.4 Å². The SMILES string of the molecule is CCNC(=NCCn1c(C)nc2ccccc21)NC(C)CCS(C)(=O)=O.I. The largest absolute Gasteiger partial charge is 0.357 e. The maximum Gasteiger partial charge on any atom is 0.191 e. The molecule has 1 atom stereocenters. The van der Waals surface area contributed by atoms with E-state index in [1.807, 2.05) is 39.0 Å². The second-order valence-corrected chi connectivity index (χ2v) is 8.78. The number of halogens is 1. The molecule has 152 valence electrons. The molecule has 2 N–H and O–H groups in total. The summed E-state index contributed by atoms with van der Waals surface area (Å²) in [7, 11) is -2.95. The van der Waals surface area contributed by atoms with E-state index >= 15 is 0 Å². The number of guanidine groups is 1. The summed E-state index contributed by atoms with van der Waals surface area (Å²) in [4.78, 5) is 9.19. The van der Waals surface area contributed by atoms with Gasteiger partial charge in [-0.05, 0) is 39.3 Å². The fourth-order valence-corrected chi connectivity index (χ4v) is 3.54. The number of nitrogens with one attached hydrogen (secondary N) is 2. The van der Waals surface area contributed by atoms with Gasteiger partial charge < -0.3 is 15.2 Å². The van der Waals surface area contributed by atoms with Crippen LogP contribution in [0, 0.1) is 6.92 Å². The number of imidazole rings is 1. The summed E-state index contributed by atoms with van der Waals surface area (Å²) in [5, 5.41) is 6.48. The summed E-state index contributed by atoms with van der Waals surface area (Å²) in [5.41, 5.74) is 2.10. The van der Waals surface area contributed by atoms with Crippen LogP contribution in [0.3, 0.4) is 0 Å². The molecule has 0 saturated heterocycles. The van der Waals surface area contributed by atoms with Crippen molar-refractivity contribution in [2.24, 2.45) is 4.99 Å². The van der Waals surface area contributed by atoms with Gasteiger partial charge in [-0.1, -0.05) is 12.1 Å². The van der Waals surface area contributed by atoms with Crippen LogP contribution in [0.2, 0.25) is 0 Å². The lowest BCUT2D eigenvalue weighted by Gasteiger charge is -2.17. The second-order valence-electron chi connectivity index (χ2n) is 6.52. The highest BCUT2D eigenvalue weighted by molar-refractivity contribution is 14.0. The zero-order valence-electron chi connectivity index (χ0n) is 16.4. The molecule has 1 heterocycles. The van der Waals surface area contributed by atoms with Gasteiger partial charge in [-0.3, -0.25) is 4.99 Å². The first kappa shape index (κ1) is 23.7. The summed E-state index contributed by atoms with van der Waals surface area (Å²) in [5.74, 6) is 1.84. The Morgan fingerprint density at radius 1 is 1.33 bits per heavy atom. The molecule has 0 saturated carbocycles. The Hall–Kier alpha value is -1.36. The molecule has 1 aromatic heterocycles. The highest BCUT2D eigenvalue weighted by Crippen LogP contribution is 2.14. The summed E-state index contributed by atoms with van der Waals surface area (Å²) >= 11 is 0. The first-order chi connectivity index (χ1) is 12.3. The van der Waals surface area contributed by atoms with Crippen molar-refractivity contribution < 1.29 is 8.42 Å². The van der Waals surface area contributed by atoms with Crippen molar-refractivity contribution >= 4 is 50.8 Å². The quantitative estimate of drug-likeness (QED) is 0.326. The first-order valence-electron chi connectivity index (χ1n) is 8.94. The number of nitrogens with zero attached hydrogens (tertiary/aromatic N) is 3. The molecule has 0 aliphatic rings. The average Bonchev–Trinajstić information content (AvgIpc) is 2.88. The molecule has 27 heavy (non-hydrogen) atoms. The van der Waals surface area contributed by atoms with E-state index < -0.39 is 9.84 Å². The van der Waals surface area contributed by atoms with E-state index in [1.165, 1.54) is 6.26 Å². The number of aryl methyl sites for hydroxylation is 1. The van der Waals surface area contributed by atoms with Crippen molar-refractivity contribution in [3.63, 3.8) is 0 Å². The van der Waals surface area contributed by atoms with Crippen molar-refractivity contribution in [2.75, 3.05) is 25.1 Å². The minimum Gasteiger partial charge on any atom is -0.357 e. The van der Waals surface area contributed by atoms with E-state index in [0.717, 1.165) is 29.9 Å². The molecule has 0 spiro atoms. The standard InChI is InChI=1S/C18H29N5O2S.HI/c1-5-19-18(21-14(2)10-13-26(4,24)25)20-11-12-23-15(3)22-16-8-6-7-9-17(16)23;/h6-9,14H,5,10-13H2,1-4H3,(H2,19,20,21);1H. The molecule has 0 aliphatic heterocycles. The van der Waals surface area contributed by atoms with Gasteiger partial charge in [0.15, 0.2) is 5.96 Å². The van der Waals surface area contributed by atoms with Gasteiger partial charge in [0.2, 0.25) is 0 Å². The Kier molecular flexibility index (Phi) is 9.51. The van der Waals surface area contributed by atoms with E-state index in [4.69, 9.17) is 0 Å². The average molecular weight is 507 g/mol. The Bertz CT molecular complexity index is 864. The third-order valence-corrected chi connectivity index (χ3v) is 5.07. The minimum absolute atomic E-state index is 0. The van der Waals surface area contributed by atoms with Gasteiger partial charge >= 0.3 is 0 Å². The van der Waals surface area contributed by atoms with Crippen molar-refractivity contribution in [1.82, 2.24) is 20.2 Å².